The highest BCUT2D eigenvalue weighted by Crippen LogP contribution is 2.18. The standard InChI is InChI=1S/C60H118O7/c1-7-11-15-19-29-37-45-53-63-59(64-54-46-38-30-20-16-12-8-2)51-43-35-27-23-25-33-41-49-57(61-5)67-58(62-6)50-42-34-26-24-28-36-44-52-60(65-55-47-39-31-21-17-13-9-3)66-56-48-40-32-22-18-14-10-4/h41-42,49-50,57-60H,7-40,43-48,51-56H2,1-6H3. The van der Waals surface area contributed by atoms with Crippen LogP contribution in [0.15, 0.2) is 24.3 Å². The third kappa shape index (κ3) is 51.4. The van der Waals surface area contributed by atoms with Gasteiger partial charge in [0.2, 0.25) is 0 Å². The summed E-state index contributed by atoms with van der Waals surface area (Å²) < 4.78 is 42.4. The molecule has 0 amide bonds. The molecule has 0 heterocycles. The summed E-state index contributed by atoms with van der Waals surface area (Å²) in [6.07, 6.45) is 60.5. The van der Waals surface area contributed by atoms with Gasteiger partial charge in [0.25, 0.3) is 0 Å². The fourth-order valence-corrected chi connectivity index (χ4v) is 8.64. The summed E-state index contributed by atoms with van der Waals surface area (Å²) in [6.45, 7) is 12.5. The Hall–Kier alpha value is -0.800. The van der Waals surface area contributed by atoms with Crippen molar-refractivity contribution in [2.45, 2.75) is 323 Å². The van der Waals surface area contributed by atoms with Gasteiger partial charge in [-0.3, -0.25) is 0 Å². The molecule has 67 heavy (non-hydrogen) atoms. The van der Waals surface area contributed by atoms with Crippen molar-refractivity contribution < 1.29 is 33.2 Å². The predicted molar refractivity (Wildman–Crippen MR) is 289 cm³/mol. The van der Waals surface area contributed by atoms with Gasteiger partial charge < -0.3 is 33.2 Å². The van der Waals surface area contributed by atoms with E-state index < -0.39 is 12.6 Å². The van der Waals surface area contributed by atoms with Gasteiger partial charge in [0.15, 0.2) is 25.2 Å². The molecule has 0 rings (SSSR count). The largest absolute Gasteiger partial charge is 0.353 e. The summed E-state index contributed by atoms with van der Waals surface area (Å²) in [5.74, 6) is 0. The summed E-state index contributed by atoms with van der Waals surface area (Å²) in [6, 6.07) is 0. The minimum Gasteiger partial charge on any atom is -0.353 e. The molecule has 0 spiro atoms. The Kier molecular flexibility index (Phi) is 57.1. The second-order valence-electron chi connectivity index (χ2n) is 19.7. The van der Waals surface area contributed by atoms with Crippen LogP contribution in [-0.2, 0) is 33.2 Å². The van der Waals surface area contributed by atoms with Crippen LogP contribution in [0.5, 0.6) is 0 Å². The van der Waals surface area contributed by atoms with Crippen LogP contribution in [0.1, 0.15) is 297 Å². The number of methoxy groups -OCH3 is 2. The van der Waals surface area contributed by atoms with Gasteiger partial charge in [-0.1, -0.05) is 232 Å². The lowest BCUT2D eigenvalue weighted by molar-refractivity contribution is -0.188. The maximum Gasteiger partial charge on any atom is 0.179 e. The molecule has 0 aromatic carbocycles. The Labute approximate surface area is 419 Å². The minimum atomic E-state index is -0.420. The van der Waals surface area contributed by atoms with Crippen LogP contribution in [0.4, 0.5) is 0 Å². The van der Waals surface area contributed by atoms with E-state index in [1.165, 1.54) is 218 Å². The molecule has 7 nitrogen and oxygen atoms in total. The highest BCUT2D eigenvalue weighted by atomic mass is 16.8. The van der Waals surface area contributed by atoms with Crippen LogP contribution in [0, 0.1) is 0 Å². The number of hydrogen-bond acceptors (Lipinski definition) is 7. The van der Waals surface area contributed by atoms with Crippen molar-refractivity contribution in [2.24, 2.45) is 0 Å². The molecule has 0 aromatic heterocycles. The van der Waals surface area contributed by atoms with Crippen LogP contribution in [-0.4, -0.2) is 65.8 Å². The number of allylic oxidation sites excluding steroid dienone is 2. The van der Waals surface area contributed by atoms with Crippen LogP contribution in [0.3, 0.4) is 0 Å². The molecule has 0 saturated heterocycles. The Bertz CT molecular complexity index is 845. The van der Waals surface area contributed by atoms with Crippen LogP contribution in [0.25, 0.3) is 0 Å². The van der Waals surface area contributed by atoms with Crippen LogP contribution in [0.2, 0.25) is 0 Å². The first-order chi connectivity index (χ1) is 33.1. The van der Waals surface area contributed by atoms with Crippen molar-refractivity contribution in [3.05, 3.63) is 24.3 Å². The van der Waals surface area contributed by atoms with E-state index in [1.807, 2.05) is 12.2 Å². The lowest BCUT2D eigenvalue weighted by atomic mass is 10.1. The summed E-state index contributed by atoms with van der Waals surface area (Å²) in [4.78, 5) is 0. The summed E-state index contributed by atoms with van der Waals surface area (Å²) in [5, 5.41) is 0. The SMILES string of the molecule is CCCCCCCCCOC(CCCCCCCC=CC(OC)OC(C=CCCCCCCCC(OCCCCCCCCC)OCCCCCCCCC)OC)OCCCCCCCCC. The molecular weight excluding hydrogens is 833 g/mol. The molecule has 0 aromatic rings. The van der Waals surface area contributed by atoms with Crippen molar-refractivity contribution in [3.8, 4) is 0 Å². The normalized spacial score (nSPS) is 13.1. The van der Waals surface area contributed by atoms with Gasteiger partial charge in [-0.25, -0.2) is 0 Å². The van der Waals surface area contributed by atoms with E-state index in [1.54, 1.807) is 14.2 Å². The van der Waals surface area contributed by atoms with Gasteiger partial charge in [-0.2, -0.15) is 0 Å². The van der Waals surface area contributed by atoms with Crippen molar-refractivity contribution in [1.29, 1.82) is 0 Å². The smallest absolute Gasteiger partial charge is 0.179 e. The number of ether oxygens (including phenoxy) is 7. The van der Waals surface area contributed by atoms with E-state index in [0.717, 1.165) is 77.8 Å². The molecule has 0 radical (unpaired) electrons. The number of hydrogen-bond donors (Lipinski definition) is 0. The van der Waals surface area contributed by atoms with Crippen molar-refractivity contribution in [2.75, 3.05) is 40.6 Å². The number of rotatable bonds is 58. The third-order valence-corrected chi connectivity index (χ3v) is 13.1. The Balaban J connectivity index is 4.33. The fourth-order valence-electron chi connectivity index (χ4n) is 8.64. The van der Waals surface area contributed by atoms with Crippen molar-refractivity contribution in [3.63, 3.8) is 0 Å². The molecule has 0 N–H and O–H groups in total. The Morgan fingerprint density at radius 1 is 0.284 bits per heavy atom. The quantitative estimate of drug-likeness (QED) is 0.0342. The monoisotopic (exact) mass is 951 g/mol. The predicted octanol–water partition coefficient (Wildman–Crippen LogP) is 19.2. The van der Waals surface area contributed by atoms with Crippen molar-refractivity contribution in [1.82, 2.24) is 0 Å². The maximum absolute atomic E-state index is 6.28. The second-order valence-corrected chi connectivity index (χ2v) is 19.7. The lowest BCUT2D eigenvalue weighted by Gasteiger charge is -2.19. The first-order valence-corrected chi connectivity index (χ1v) is 29.7. The molecule has 0 fully saturated rings. The number of unbranched alkanes of at least 4 members (excludes halogenated alkanes) is 34. The van der Waals surface area contributed by atoms with Gasteiger partial charge in [-0.15, -0.1) is 0 Å². The van der Waals surface area contributed by atoms with E-state index in [2.05, 4.69) is 39.8 Å². The molecule has 0 aliphatic carbocycles. The Morgan fingerprint density at radius 3 is 0.791 bits per heavy atom. The van der Waals surface area contributed by atoms with Gasteiger partial charge in [0, 0.05) is 40.6 Å². The molecule has 0 aliphatic heterocycles. The maximum atomic E-state index is 6.28. The second kappa shape index (κ2) is 57.8. The zero-order valence-electron chi connectivity index (χ0n) is 46.0. The molecule has 400 valence electrons. The van der Waals surface area contributed by atoms with Gasteiger partial charge in [-0.05, 0) is 89.2 Å². The molecule has 0 aliphatic rings. The average Bonchev–Trinajstić information content (AvgIpc) is 3.34. The fraction of sp³-hybridized carbons (Fsp3) is 0.933. The topological polar surface area (TPSA) is 64.6 Å². The van der Waals surface area contributed by atoms with E-state index >= 15 is 0 Å². The molecule has 2 unspecified atom stereocenters. The molecular formula is C60H118O7. The van der Waals surface area contributed by atoms with Crippen LogP contribution >= 0.6 is 0 Å². The van der Waals surface area contributed by atoms with E-state index in [4.69, 9.17) is 33.2 Å². The average molecular weight is 952 g/mol. The Morgan fingerprint density at radius 2 is 0.522 bits per heavy atom. The third-order valence-electron chi connectivity index (χ3n) is 13.1. The molecule has 2 atom stereocenters. The first kappa shape index (κ1) is 66.2. The van der Waals surface area contributed by atoms with Crippen LogP contribution < -0.4 is 0 Å². The molecule has 0 saturated carbocycles. The summed E-state index contributed by atoms with van der Waals surface area (Å²) >= 11 is 0. The minimum absolute atomic E-state index is 0.0336. The van der Waals surface area contributed by atoms with Gasteiger partial charge in [0.05, 0.1) is 0 Å². The van der Waals surface area contributed by atoms with E-state index in [0.29, 0.717) is 0 Å². The summed E-state index contributed by atoms with van der Waals surface area (Å²) in [5.41, 5.74) is 0. The zero-order chi connectivity index (χ0) is 48.6. The lowest BCUT2D eigenvalue weighted by Crippen LogP contribution is -2.22. The zero-order valence-corrected chi connectivity index (χ0v) is 46.0. The molecule has 7 heteroatoms. The molecule has 0 bridgehead atoms. The van der Waals surface area contributed by atoms with Crippen molar-refractivity contribution >= 4 is 0 Å². The highest BCUT2D eigenvalue weighted by molar-refractivity contribution is 4.89. The van der Waals surface area contributed by atoms with Gasteiger partial charge >= 0.3 is 0 Å². The van der Waals surface area contributed by atoms with E-state index in [9.17, 15) is 0 Å². The van der Waals surface area contributed by atoms with Gasteiger partial charge in [0.1, 0.15) is 0 Å². The van der Waals surface area contributed by atoms with E-state index in [-0.39, 0.29) is 12.6 Å². The first-order valence-electron chi connectivity index (χ1n) is 29.7. The highest BCUT2D eigenvalue weighted by Gasteiger charge is 2.12. The summed E-state index contributed by atoms with van der Waals surface area (Å²) in [7, 11) is 3.39.